The molecule has 1 aliphatic heterocycles. The first kappa shape index (κ1) is 17.2. The van der Waals surface area contributed by atoms with Gasteiger partial charge in [-0.3, -0.25) is 4.90 Å². The summed E-state index contributed by atoms with van der Waals surface area (Å²) in [7, 11) is 3.90. The Labute approximate surface area is 146 Å². The van der Waals surface area contributed by atoms with Crippen molar-refractivity contribution < 1.29 is 18.7 Å². The van der Waals surface area contributed by atoms with Gasteiger partial charge in [-0.05, 0) is 50.3 Å². The van der Waals surface area contributed by atoms with Gasteiger partial charge in [0.1, 0.15) is 5.76 Å². The molecular formula is C18H23N3O4. The number of hydrogen-bond acceptors (Lipinski definition) is 5. The molecule has 25 heavy (non-hydrogen) atoms. The molecule has 1 aromatic heterocycles. The van der Waals surface area contributed by atoms with Crippen LogP contribution in [0.5, 0.6) is 11.5 Å². The number of hydrogen-bond donors (Lipinski definition) is 2. The van der Waals surface area contributed by atoms with Gasteiger partial charge in [0.05, 0.1) is 12.3 Å². The molecule has 0 aliphatic carbocycles. The third-order valence-electron chi connectivity index (χ3n) is 4.09. The van der Waals surface area contributed by atoms with Crippen molar-refractivity contribution in [3.05, 3.63) is 47.9 Å². The Morgan fingerprint density at radius 1 is 1.20 bits per heavy atom. The molecule has 2 N–H and O–H groups in total. The first-order valence-corrected chi connectivity index (χ1v) is 8.23. The SMILES string of the molecule is CN(C)[C@H](CNC(=O)NCCc1ccc2c(c1)OCO2)c1ccco1. The first-order chi connectivity index (χ1) is 12.1. The number of nitrogens with zero attached hydrogens (tertiary/aromatic N) is 1. The minimum atomic E-state index is -0.195. The molecule has 0 spiro atoms. The number of ether oxygens (including phenoxy) is 2. The van der Waals surface area contributed by atoms with Crippen LogP contribution in [-0.2, 0) is 6.42 Å². The maximum absolute atomic E-state index is 12.0. The minimum absolute atomic E-state index is 0.00499. The summed E-state index contributed by atoms with van der Waals surface area (Å²) in [5.74, 6) is 2.35. The number of benzene rings is 1. The van der Waals surface area contributed by atoms with Crippen molar-refractivity contribution in [2.75, 3.05) is 34.0 Å². The number of nitrogens with one attached hydrogen (secondary N) is 2. The van der Waals surface area contributed by atoms with E-state index in [1.165, 1.54) is 0 Å². The Hall–Kier alpha value is -2.67. The maximum atomic E-state index is 12.0. The van der Waals surface area contributed by atoms with Crippen LogP contribution in [0.25, 0.3) is 0 Å². The molecule has 0 radical (unpaired) electrons. The number of rotatable bonds is 7. The molecule has 3 rings (SSSR count). The molecule has 0 saturated heterocycles. The Morgan fingerprint density at radius 2 is 2.04 bits per heavy atom. The van der Waals surface area contributed by atoms with Crippen molar-refractivity contribution in [3.63, 3.8) is 0 Å². The van der Waals surface area contributed by atoms with Crippen LogP contribution in [0.3, 0.4) is 0 Å². The van der Waals surface area contributed by atoms with E-state index in [9.17, 15) is 4.79 Å². The molecule has 7 nitrogen and oxygen atoms in total. The van der Waals surface area contributed by atoms with Gasteiger partial charge < -0.3 is 24.5 Å². The predicted octanol–water partition coefficient (Wildman–Crippen LogP) is 2.15. The van der Waals surface area contributed by atoms with Crippen molar-refractivity contribution in [3.8, 4) is 11.5 Å². The Kier molecular flexibility index (Phi) is 5.45. The second kappa shape index (κ2) is 7.94. The topological polar surface area (TPSA) is 76.0 Å². The fourth-order valence-corrected chi connectivity index (χ4v) is 2.69. The second-order valence-corrected chi connectivity index (χ2v) is 6.07. The van der Waals surface area contributed by atoms with Gasteiger partial charge in [0.15, 0.2) is 11.5 Å². The highest BCUT2D eigenvalue weighted by Crippen LogP contribution is 2.32. The quantitative estimate of drug-likeness (QED) is 0.804. The monoisotopic (exact) mass is 345 g/mol. The van der Waals surface area contributed by atoms with Crippen molar-refractivity contribution in [1.29, 1.82) is 0 Å². The number of carbonyl (C=O) groups is 1. The van der Waals surface area contributed by atoms with Gasteiger partial charge in [-0.25, -0.2) is 4.79 Å². The van der Waals surface area contributed by atoms with E-state index in [0.717, 1.165) is 29.2 Å². The van der Waals surface area contributed by atoms with Crippen LogP contribution in [-0.4, -0.2) is 44.9 Å². The minimum Gasteiger partial charge on any atom is -0.468 e. The van der Waals surface area contributed by atoms with Gasteiger partial charge in [0.2, 0.25) is 6.79 Å². The van der Waals surface area contributed by atoms with Crippen LogP contribution in [0, 0.1) is 0 Å². The third-order valence-corrected chi connectivity index (χ3v) is 4.09. The zero-order chi connectivity index (χ0) is 17.6. The number of furan rings is 1. The molecule has 134 valence electrons. The van der Waals surface area contributed by atoms with Crippen LogP contribution >= 0.6 is 0 Å². The number of amides is 2. The third kappa shape index (κ3) is 4.45. The lowest BCUT2D eigenvalue weighted by molar-refractivity contribution is 0.174. The highest BCUT2D eigenvalue weighted by molar-refractivity contribution is 5.73. The Morgan fingerprint density at radius 3 is 2.80 bits per heavy atom. The van der Waals surface area contributed by atoms with E-state index >= 15 is 0 Å². The van der Waals surface area contributed by atoms with Crippen molar-refractivity contribution in [1.82, 2.24) is 15.5 Å². The molecule has 1 aromatic carbocycles. The molecule has 2 aromatic rings. The fourth-order valence-electron chi connectivity index (χ4n) is 2.69. The number of likely N-dealkylation sites (N-methyl/N-ethyl adjacent to an activating group) is 1. The van der Waals surface area contributed by atoms with E-state index in [0.29, 0.717) is 13.1 Å². The standard InChI is InChI=1S/C18H23N3O4/c1-21(2)14(15-4-3-9-23-15)11-20-18(22)19-8-7-13-5-6-16-17(10-13)25-12-24-16/h3-6,9-10,14H,7-8,11-12H2,1-2H3,(H2,19,20,22)/t14-/m1/s1. The molecule has 0 fully saturated rings. The van der Waals surface area contributed by atoms with Crippen LogP contribution in [0.1, 0.15) is 17.4 Å². The number of carbonyl (C=O) groups excluding carboxylic acids is 1. The van der Waals surface area contributed by atoms with Gasteiger partial charge in [0, 0.05) is 13.1 Å². The normalized spacial score (nSPS) is 13.7. The molecule has 1 atom stereocenters. The Bertz CT molecular complexity index is 700. The summed E-state index contributed by atoms with van der Waals surface area (Å²) in [6, 6.07) is 9.37. The summed E-state index contributed by atoms with van der Waals surface area (Å²) < 4.78 is 16.1. The van der Waals surface area contributed by atoms with Crippen LogP contribution in [0.4, 0.5) is 4.79 Å². The van der Waals surface area contributed by atoms with E-state index in [4.69, 9.17) is 13.9 Å². The molecular weight excluding hydrogens is 322 g/mol. The van der Waals surface area contributed by atoms with Crippen molar-refractivity contribution in [2.24, 2.45) is 0 Å². The highest BCUT2D eigenvalue weighted by atomic mass is 16.7. The smallest absolute Gasteiger partial charge is 0.314 e. The van der Waals surface area contributed by atoms with Gasteiger partial charge in [-0.1, -0.05) is 6.07 Å². The van der Waals surface area contributed by atoms with E-state index in [1.807, 2.05) is 49.3 Å². The van der Waals surface area contributed by atoms with Crippen LogP contribution in [0.2, 0.25) is 0 Å². The summed E-state index contributed by atoms with van der Waals surface area (Å²) in [4.78, 5) is 14.0. The lowest BCUT2D eigenvalue weighted by Crippen LogP contribution is -2.41. The molecule has 2 heterocycles. The number of urea groups is 1. The molecule has 0 saturated carbocycles. The summed E-state index contributed by atoms with van der Waals surface area (Å²) in [6.07, 6.45) is 2.36. The lowest BCUT2D eigenvalue weighted by atomic mass is 10.1. The molecule has 0 unspecified atom stereocenters. The van der Waals surface area contributed by atoms with Crippen LogP contribution in [0.15, 0.2) is 41.0 Å². The fraction of sp³-hybridized carbons (Fsp3) is 0.389. The van der Waals surface area contributed by atoms with Gasteiger partial charge >= 0.3 is 6.03 Å². The van der Waals surface area contributed by atoms with Gasteiger partial charge in [0.25, 0.3) is 0 Å². The molecule has 2 amide bonds. The average Bonchev–Trinajstić information content (AvgIpc) is 3.25. The van der Waals surface area contributed by atoms with E-state index in [2.05, 4.69) is 10.6 Å². The molecule has 0 bridgehead atoms. The summed E-state index contributed by atoms with van der Waals surface area (Å²) in [5, 5.41) is 5.75. The van der Waals surface area contributed by atoms with Gasteiger partial charge in [-0.2, -0.15) is 0 Å². The van der Waals surface area contributed by atoms with Crippen LogP contribution < -0.4 is 20.1 Å². The van der Waals surface area contributed by atoms with Gasteiger partial charge in [-0.15, -0.1) is 0 Å². The maximum Gasteiger partial charge on any atom is 0.314 e. The zero-order valence-electron chi connectivity index (χ0n) is 14.5. The summed E-state index contributed by atoms with van der Waals surface area (Å²) >= 11 is 0. The highest BCUT2D eigenvalue weighted by Gasteiger charge is 2.17. The second-order valence-electron chi connectivity index (χ2n) is 6.07. The van der Waals surface area contributed by atoms with Crippen molar-refractivity contribution >= 4 is 6.03 Å². The lowest BCUT2D eigenvalue weighted by Gasteiger charge is -2.22. The number of fused-ring (bicyclic) bond motifs is 1. The van der Waals surface area contributed by atoms with E-state index in [1.54, 1.807) is 6.26 Å². The van der Waals surface area contributed by atoms with E-state index < -0.39 is 0 Å². The zero-order valence-corrected chi connectivity index (χ0v) is 14.5. The average molecular weight is 345 g/mol. The summed E-state index contributed by atoms with van der Waals surface area (Å²) in [6.45, 7) is 1.28. The van der Waals surface area contributed by atoms with Crippen molar-refractivity contribution in [2.45, 2.75) is 12.5 Å². The summed E-state index contributed by atoms with van der Waals surface area (Å²) in [5.41, 5.74) is 1.09. The Balaban J connectivity index is 1.42. The molecule has 1 aliphatic rings. The molecule has 7 heteroatoms. The predicted molar refractivity (Wildman–Crippen MR) is 92.8 cm³/mol. The van der Waals surface area contributed by atoms with E-state index in [-0.39, 0.29) is 18.9 Å². The first-order valence-electron chi connectivity index (χ1n) is 8.23. The largest absolute Gasteiger partial charge is 0.468 e.